The normalized spacial score (nSPS) is 10.4. The maximum Gasteiger partial charge on any atom is 0.0607 e. The highest BCUT2D eigenvalue weighted by atomic mass is 32.1. The maximum atomic E-state index is 4.32. The van der Waals surface area contributed by atoms with E-state index in [4.69, 9.17) is 0 Å². The van der Waals surface area contributed by atoms with Crippen LogP contribution in [0.15, 0.2) is 6.07 Å². The summed E-state index contributed by atoms with van der Waals surface area (Å²) in [5, 5.41) is 0. The van der Waals surface area contributed by atoms with E-state index in [9.17, 15) is 0 Å². The minimum Gasteiger partial charge on any atom is -0.365 e. The first-order valence-corrected chi connectivity index (χ1v) is 5.51. The Hall–Kier alpha value is -0.630. The van der Waals surface area contributed by atoms with Crippen LogP contribution >= 0.6 is 12.6 Å². The summed E-state index contributed by atoms with van der Waals surface area (Å²) in [6.45, 7) is 8.68. The Morgan fingerprint density at radius 1 is 1.07 bits per heavy atom. The zero-order valence-electron chi connectivity index (χ0n) is 9.68. The molecule has 1 rings (SSSR count). The Morgan fingerprint density at radius 3 is 1.86 bits per heavy atom. The Bertz CT molecular complexity index is 318. The van der Waals surface area contributed by atoms with Crippen LogP contribution in [0, 0.1) is 27.7 Å². The average molecular weight is 209 g/mol. The van der Waals surface area contributed by atoms with Crippen LogP contribution < -0.4 is 4.90 Å². The Labute approximate surface area is 92.5 Å². The molecule has 0 fully saturated rings. The predicted octanol–water partition coefficient (Wildman–Crippen LogP) is 3.24. The molecule has 14 heavy (non-hydrogen) atoms. The SMILES string of the molecule is Cc1cc(C)c(C)c(N(C)CS)c1C. The van der Waals surface area contributed by atoms with Crippen LogP contribution in [0.25, 0.3) is 0 Å². The number of benzene rings is 1. The fourth-order valence-corrected chi connectivity index (χ4v) is 1.98. The van der Waals surface area contributed by atoms with Gasteiger partial charge in [0.25, 0.3) is 0 Å². The highest BCUT2D eigenvalue weighted by Crippen LogP contribution is 2.29. The number of rotatable bonds is 2. The van der Waals surface area contributed by atoms with Crippen LogP contribution in [-0.4, -0.2) is 12.9 Å². The largest absolute Gasteiger partial charge is 0.365 e. The van der Waals surface area contributed by atoms with Crippen molar-refractivity contribution in [2.45, 2.75) is 27.7 Å². The number of thiol groups is 1. The fraction of sp³-hybridized carbons (Fsp3) is 0.500. The number of hydrogen-bond donors (Lipinski definition) is 1. The van der Waals surface area contributed by atoms with Gasteiger partial charge in [0.1, 0.15) is 0 Å². The molecule has 0 atom stereocenters. The quantitative estimate of drug-likeness (QED) is 0.578. The molecule has 1 nitrogen and oxygen atoms in total. The lowest BCUT2D eigenvalue weighted by Crippen LogP contribution is -2.17. The summed E-state index contributed by atoms with van der Waals surface area (Å²) in [6, 6.07) is 2.25. The second-order valence-corrected chi connectivity index (χ2v) is 4.23. The zero-order valence-corrected chi connectivity index (χ0v) is 10.6. The Morgan fingerprint density at radius 2 is 1.50 bits per heavy atom. The van der Waals surface area contributed by atoms with Gasteiger partial charge in [0.05, 0.1) is 5.88 Å². The number of anilines is 1. The van der Waals surface area contributed by atoms with E-state index in [1.807, 2.05) is 0 Å². The van der Waals surface area contributed by atoms with Gasteiger partial charge in [-0.15, -0.1) is 0 Å². The van der Waals surface area contributed by atoms with Gasteiger partial charge in [-0.2, -0.15) is 12.6 Å². The molecule has 0 heterocycles. The van der Waals surface area contributed by atoms with Gasteiger partial charge in [-0.05, 0) is 49.9 Å². The van der Waals surface area contributed by atoms with Crippen molar-refractivity contribution < 1.29 is 0 Å². The first-order valence-electron chi connectivity index (χ1n) is 4.88. The first-order chi connectivity index (χ1) is 6.49. The van der Waals surface area contributed by atoms with Gasteiger partial charge in [-0.25, -0.2) is 0 Å². The molecule has 0 N–H and O–H groups in total. The third-order valence-corrected chi connectivity index (χ3v) is 3.34. The van der Waals surface area contributed by atoms with E-state index >= 15 is 0 Å². The molecule has 0 aliphatic rings. The monoisotopic (exact) mass is 209 g/mol. The minimum absolute atomic E-state index is 0.755. The van der Waals surface area contributed by atoms with Gasteiger partial charge >= 0.3 is 0 Å². The smallest absolute Gasteiger partial charge is 0.0607 e. The van der Waals surface area contributed by atoms with E-state index < -0.39 is 0 Å². The van der Waals surface area contributed by atoms with E-state index in [1.54, 1.807) is 0 Å². The second-order valence-electron chi connectivity index (χ2n) is 3.95. The standard InChI is InChI=1S/C12H19NS/c1-8-6-9(2)11(4)12(10(8)3)13(5)7-14/h6,14H,7H2,1-5H3. The van der Waals surface area contributed by atoms with Gasteiger partial charge in [0.2, 0.25) is 0 Å². The number of aryl methyl sites for hydroxylation is 2. The molecule has 0 spiro atoms. The molecule has 0 radical (unpaired) electrons. The second kappa shape index (κ2) is 4.26. The lowest BCUT2D eigenvalue weighted by molar-refractivity contribution is 1.05. The summed E-state index contributed by atoms with van der Waals surface area (Å²) in [7, 11) is 2.08. The third kappa shape index (κ3) is 1.90. The van der Waals surface area contributed by atoms with E-state index in [2.05, 4.69) is 58.3 Å². The molecule has 1 aromatic carbocycles. The summed E-state index contributed by atoms with van der Waals surface area (Å²) in [6.07, 6.45) is 0. The molecule has 0 aliphatic carbocycles. The van der Waals surface area contributed by atoms with E-state index in [1.165, 1.54) is 27.9 Å². The number of hydrogen-bond acceptors (Lipinski definition) is 2. The van der Waals surface area contributed by atoms with Crippen LogP contribution in [0.5, 0.6) is 0 Å². The van der Waals surface area contributed by atoms with Gasteiger partial charge in [0.15, 0.2) is 0 Å². The van der Waals surface area contributed by atoms with Crippen LogP contribution in [-0.2, 0) is 0 Å². The van der Waals surface area contributed by atoms with Crippen molar-refractivity contribution in [2.24, 2.45) is 0 Å². The third-order valence-electron chi connectivity index (χ3n) is 2.92. The van der Waals surface area contributed by atoms with Crippen molar-refractivity contribution in [1.29, 1.82) is 0 Å². The first kappa shape index (κ1) is 11.4. The van der Waals surface area contributed by atoms with Crippen molar-refractivity contribution in [3.8, 4) is 0 Å². The highest BCUT2D eigenvalue weighted by molar-refractivity contribution is 7.80. The van der Waals surface area contributed by atoms with Crippen LogP contribution in [0.3, 0.4) is 0 Å². The summed E-state index contributed by atoms with van der Waals surface area (Å²) < 4.78 is 0. The molecule has 1 aromatic rings. The summed E-state index contributed by atoms with van der Waals surface area (Å²) in [5.41, 5.74) is 6.78. The van der Waals surface area contributed by atoms with Crippen molar-refractivity contribution in [1.82, 2.24) is 0 Å². The Kier molecular flexibility index (Phi) is 3.48. The lowest BCUT2D eigenvalue weighted by Gasteiger charge is -2.24. The predicted molar refractivity (Wildman–Crippen MR) is 67.6 cm³/mol. The molecule has 0 amide bonds. The van der Waals surface area contributed by atoms with Crippen molar-refractivity contribution in [2.75, 3.05) is 17.8 Å². The van der Waals surface area contributed by atoms with Gasteiger partial charge in [-0.3, -0.25) is 0 Å². The van der Waals surface area contributed by atoms with Crippen LogP contribution in [0.4, 0.5) is 5.69 Å². The minimum atomic E-state index is 0.755. The van der Waals surface area contributed by atoms with Gasteiger partial charge < -0.3 is 4.90 Å². The van der Waals surface area contributed by atoms with Crippen LogP contribution in [0.1, 0.15) is 22.3 Å². The molecule has 0 bridgehead atoms. The maximum absolute atomic E-state index is 4.32. The lowest BCUT2D eigenvalue weighted by atomic mass is 9.98. The summed E-state index contributed by atoms with van der Waals surface area (Å²) in [5.74, 6) is 0.755. The average Bonchev–Trinajstić information content (AvgIpc) is 2.15. The molecule has 0 aromatic heterocycles. The van der Waals surface area contributed by atoms with E-state index in [0.29, 0.717) is 0 Å². The van der Waals surface area contributed by atoms with E-state index in [0.717, 1.165) is 5.88 Å². The summed E-state index contributed by atoms with van der Waals surface area (Å²) >= 11 is 4.32. The van der Waals surface area contributed by atoms with Gasteiger partial charge in [0, 0.05) is 12.7 Å². The van der Waals surface area contributed by atoms with Crippen molar-refractivity contribution in [3.05, 3.63) is 28.3 Å². The van der Waals surface area contributed by atoms with E-state index in [-0.39, 0.29) is 0 Å². The van der Waals surface area contributed by atoms with Crippen molar-refractivity contribution >= 4 is 18.3 Å². The van der Waals surface area contributed by atoms with Gasteiger partial charge in [-0.1, -0.05) is 6.07 Å². The highest BCUT2D eigenvalue weighted by Gasteiger charge is 2.10. The molecule has 78 valence electrons. The molecule has 0 saturated heterocycles. The summed E-state index contributed by atoms with van der Waals surface area (Å²) in [4.78, 5) is 2.19. The number of nitrogens with zero attached hydrogens (tertiary/aromatic N) is 1. The molecule has 2 heteroatoms. The Balaban J connectivity index is 3.39. The topological polar surface area (TPSA) is 3.24 Å². The molecular weight excluding hydrogens is 190 g/mol. The molecule has 0 unspecified atom stereocenters. The van der Waals surface area contributed by atoms with Crippen LogP contribution in [0.2, 0.25) is 0 Å². The molecular formula is C12H19NS. The molecule has 0 aliphatic heterocycles. The molecule has 0 saturated carbocycles. The fourth-order valence-electron chi connectivity index (χ4n) is 1.84. The van der Waals surface area contributed by atoms with Crippen molar-refractivity contribution in [3.63, 3.8) is 0 Å². The zero-order chi connectivity index (χ0) is 10.9.